The molecule has 0 aliphatic carbocycles. The third kappa shape index (κ3) is 7.12. The van der Waals surface area contributed by atoms with Crippen molar-refractivity contribution >= 4 is 0 Å². The zero-order valence-corrected chi connectivity index (χ0v) is 5.99. The lowest BCUT2D eigenvalue weighted by molar-refractivity contribution is -0.894. The molecule has 0 N–H and O–H groups in total. The van der Waals surface area contributed by atoms with E-state index in [2.05, 4.69) is 14.9 Å². The summed E-state index contributed by atoms with van der Waals surface area (Å²) in [5.41, 5.74) is -0.615. The first-order chi connectivity index (χ1) is 4.42. The van der Waals surface area contributed by atoms with E-state index in [1.165, 1.54) is 0 Å². The van der Waals surface area contributed by atoms with Gasteiger partial charge < -0.3 is 0 Å². The highest BCUT2D eigenvalue weighted by molar-refractivity contribution is 4.53. The van der Waals surface area contributed by atoms with E-state index in [9.17, 15) is 10.1 Å². The topological polar surface area (TPSA) is 70.8 Å². The zero-order chi connectivity index (χ0) is 8.20. The van der Waals surface area contributed by atoms with Crippen LogP contribution < -0.4 is 0 Å². The molecule has 0 aliphatic rings. The Labute approximate surface area is 57.6 Å². The zero-order valence-electron chi connectivity index (χ0n) is 5.99. The van der Waals surface area contributed by atoms with Gasteiger partial charge in [0.1, 0.15) is 0 Å². The van der Waals surface area contributed by atoms with Gasteiger partial charge in [-0.3, -0.25) is 0 Å². The summed E-state index contributed by atoms with van der Waals surface area (Å²) >= 11 is 0. The number of nitrogens with zero attached hydrogens (tertiary/aromatic N) is 1. The molecule has 0 heterocycles. The first kappa shape index (κ1) is 9.12. The Morgan fingerprint density at radius 2 is 1.90 bits per heavy atom. The Hall–Kier alpha value is -0.880. The number of hydrogen-bond acceptors (Lipinski definition) is 5. The van der Waals surface area contributed by atoms with Crippen LogP contribution in [0.25, 0.3) is 0 Å². The van der Waals surface area contributed by atoms with Gasteiger partial charge in [-0.05, 0) is 25.8 Å². The molecule has 0 spiro atoms. The molecule has 10 heavy (non-hydrogen) atoms. The Balaban J connectivity index is 3.29. The molecule has 0 unspecified atom stereocenters. The Morgan fingerprint density at radius 1 is 1.40 bits per heavy atom. The molecule has 0 aliphatic heterocycles. The smallest absolute Gasteiger partial charge is 0.201 e. The fraction of sp³-hybridized carbons (Fsp3) is 1.00. The minimum absolute atomic E-state index is 0.615. The number of rotatable bonds is 3. The van der Waals surface area contributed by atoms with Gasteiger partial charge in [-0.25, -0.2) is 4.89 Å². The highest BCUT2D eigenvalue weighted by Crippen LogP contribution is 2.06. The molecule has 60 valence electrons. The van der Waals surface area contributed by atoms with Crippen molar-refractivity contribution in [1.29, 1.82) is 0 Å². The summed E-state index contributed by atoms with van der Waals surface area (Å²) < 4.78 is 0. The molecule has 0 bridgehead atoms. The van der Waals surface area contributed by atoms with Crippen molar-refractivity contribution in [2.45, 2.75) is 26.4 Å². The van der Waals surface area contributed by atoms with Crippen LogP contribution in [0.4, 0.5) is 0 Å². The molecule has 0 rings (SSSR count). The molecule has 0 atom stereocenters. The maximum absolute atomic E-state index is 9.46. The van der Waals surface area contributed by atoms with Gasteiger partial charge in [0.25, 0.3) is 0 Å². The molecule has 0 aromatic carbocycles. The normalized spacial score (nSPS) is 11.1. The van der Waals surface area contributed by atoms with Crippen LogP contribution in [-0.2, 0) is 14.9 Å². The first-order valence-corrected chi connectivity index (χ1v) is 2.59. The summed E-state index contributed by atoms with van der Waals surface area (Å²) in [5, 5.41) is 12.1. The molecule has 0 radical (unpaired) electrons. The predicted octanol–water partition coefficient (Wildman–Crippen LogP) is 0.856. The fourth-order valence-electron chi connectivity index (χ4n) is 0.142. The van der Waals surface area contributed by atoms with Gasteiger partial charge in [-0.15, -0.1) is 15.1 Å². The van der Waals surface area contributed by atoms with E-state index >= 15 is 0 Å². The highest BCUT2D eigenvalue weighted by Gasteiger charge is 2.12. The van der Waals surface area contributed by atoms with Gasteiger partial charge in [-0.1, -0.05) is 0 Å². The van der Waals surface area contributed by atoms with Crippen LogP contribution in [0.1, 0.15) is 20.8 Å². The van der Waals surface area contributed by atoms with Gasteiger partial charge in [0, 0.05) is 0 Å². The van der Waals surface area contributed by atoms with Gasteiger partial charge in [0.05, 0.1) is 5.60 Å². The molecule has 0 fully saturated rings. The van der Waals surface area contributed by atoms with Gasteiger partial charge in [0.2, 0.25) is 0 Å². The Kier molecular flexibility index (Phi) is 3.04. The summed E-state index contributed by atoms with van der Waals surface area (Å²) in [5.74, 6) is 0. The molecule has 0 amide bonds. The average molecular weight is 151 g/mol. The van der Waals surface area contributed by atoms with Crippen molar-refractivity contribution in [3.05, 3.63) is 10.1 Å². The lowest BCUT2D eigenvalue weighted by Gasteiger charge is -2.14. The maximum atomic E-state index is 9.46. The molecular formula is C4H9NO5. The summed E-state index contributed by atoms with van der Waals surface area (Å²) in [6.45, 7) is 4.99. The molecule has 6 heteroatoms. The molecule has 0 saturated heterocycles. The third-order valence-corrected chi connectivity index (χ3v) is 0.375. The molecule has 0 aromatic rings. The molecule has 6 nitrogen and oxygen atoms in total. The third-order valence-electron chi connectivity index (χ3n) is 0.375. The predicted molar refractivity (Wildman–Crippen MR) is 30.0 cm³/mol. The van der Waals surface area contributed by atoms with Crippen molar-refractivity contribution in [1.82, 2.24) is 0 Å². The Morgan fingerprint density at radius 3 is 2.20 bits per heavy atom. The lowest BCUT2D eigenvalue weighted by Crippen LogP contribution is -2.20. The summed E-state index contributed by atoms with van der Waals surface area (Å²) in [6.07, 6.45) is 0. The van der Waals surface area contributed by atoms with E-state index < -0.39 is 10.7 Å². The van der Waals surface area contributed by atoms with Crippen LogP contribution in [0.2, 0.25) is 0 Å². The number of hydrogen-bond donors (Lipinski definition) is 0. The van der Waals surface area contributed by atoms with E-state index in [-0.39, 0.29) is 0 Å². The van der Waals surface area contributed by atoms with Crippen LogP contribution in [-0.4, -0.2) is 10.7 Å². The standard InChI is InChI=1S/C4H9NO5/c1-4(2,3)8-10-9-5(6)7/h1-3H3. The van der Waals surface area contributed by atoms with Gasteiger partial charge >= 0.3 is 5.09 Å². The van der Waals surface area contributed by atoms with Crippen LogP contribution in [0.3, 0.4) is 0 Å². The van der Waals surface area contributed by atoms with E-state index in [1.807, 2.05) is 0 Å². The van der Waals surface area contributed by atoms with E-state index in [0.717, 1.165) is 0 Å². The maximum Gasteiger partial charge on any atom is 0.324 e. The van der Waals surface area contributed by atoms with Crippen molar-refractivity contribution in [3.63, 3.8) is 0 Å². The second kappa shape index (κ2) is 3.33. The van der Waals surface area contributed by atoms with Crippen LogP contribution >= 0.6 is 0 Å². The minimum atomic E-state index is -1.11. The molecule has 0 aromatic heterocycles. The second-order valence-electron chi connectivity index (χ2n) is 2.56. The van der Waals surface area contributed by atoms with Crippen molar-refractivity contribution in [3.8, 4) is 0 Å². The van der Waals surface area contributed by atoms with Crippen LogP contribution in [0.15, 0.2) is 0 Å². The second-order valence-corrected chi connectivity index (χ2v) is 2.56. The summed E-state index contributed by atoms with van der Waals surface area (Å²) in [4.78, 5) is 17.3. The van der Waals surface area contributed by atoms with E-state index in [0.29, 0.717) is 0 Å². The average Bonchev–Trinajstić information content (AvgIpc) is 1.59. The monoisotopic (exact) mass is 151 g/mol. The fourth-order valence-corrected chi connectivity index (χ4v) is 0.142. The first-order valence-electron chi connectivity index (χ1n) is 2.59. The largest absolute Gasteiger partial charge is 0.324 e. The van der Waals surface area contributed by atoms with Gasteiger partial charge in [0.15, 0.2) is 0 Å². The highest BCUT2D eigenvalue weighted by atomic mass is 17.6. The van der Waals surface area contributed by atoms with E-state index in [1.54, 1.807) is 20.8 Å². The summed E-state index contributed by atoms with van der Waals surface area (Å²) in [6, 6.07) is 0. The Bertz CT molecular complexity index is 117. The quantitative estimate of drug-likeness (QED) is 0.339. The van der Waals surface area contributed by atoms with Crippen molar-refractivity contribution in [2.24, 2.45) is 0 Å². The van der Waals surface area contributed by atoms with E-state index in [4.69, 9.17) is 0 Å². The van der Waals surface area contributed by atoms with Crippen LogP contribution in [0, 0.1) is 10.1 Å². The van der Waals surface area contributed by atoms with Crippen molar-refractivity contribution < 1.29 is 20.0 Å². The van der Waals surface area contributed by atoms with Gasteiger partial charge in [-0.2, -0.15) is 0 Å². The molecule has 0 saturated carbocycles. The molecular weight excluding hydrogens is 142 g/mol. The minimum Gasteiger partial charge on any atom is -0.201 e. The van der Waals surface area contributed by atoms with Crippen LogP contribution in [0.5, 0.6) is 0 Å². The lowest BCUT2D eigenvalue weighted by atomic mass is 10.2. The van der Waals surface area contributed by atoms with Crippen molar-refractivity contribution in [2.75, 3.05) is 0 Å². The SMILES string of the molecule is CC(C)(C)OOO[N+](=O)[O-]. The summed E-state index contributed by atoms with van der Waals surface area (Å²) in [7, 11) is 0.